The third-order valence-electron chi connectivity index (χ3n) is 5.67. The van der Waals surface area contributed by atoms with Crippen molar-refractivity contribution in [2.75, 3.05) is 6.61 Å². The lowest BCUT2D eigenvalue weighted by atomic mass is 10.1. The molecule has 1 aromatic heterocycles. The number of phenolic OH excluding ortho intramolecular Hbond substituents is 1. The first-order valence-corrected chi connectivity index (χ1v) is 11.9. The van der Waals surface area contributed by atoms with Crippen molar-refractivity contribution in [2.24, 2.45) is 0 Å². The van der Waals surface area contributed by atoms with Crippen LogP contribution in [-0.4, -0.2) is 32.6 Å². The number of hydrogen-bond acceptors (Lipinski definition) is 6. The van der Waals surface area contributed by atoms with Gasteiger partial charge in [-0.25, -0.2) is 19.7 Å². The van der Waals surface area contributed by atoms with Crippen LogP contribution in [0, 0.1) is 6.92 Å². The Morgan fingerprint density at radius 3 is 2.11 bits per heavy atom. The molecule has 3 aromatic carbocycles. The molecule has 6 heteroatoms. The second kappa shape index (κ2) is 11.4. The summed E-state index contributed by atoms with van der Waals surface area (Å²) in [5, 5.41) is 10.5. The average Bonchev–Trinajstić information content (AvgIpc) is 2.89. The number of benzene rings is 3. The Morgan fingerprint density at radius 1 is 0.800 bits per heavy atom. The van der Waals surface area contributed by atoms with Crippen molar-refractivity contribution in [3.8, 4) is 39.9 Å². The fourth-order valence-corrected chi connectivity index (χ4v) is 3.70. The maximum absolute atomic E-state index is 12.4. The third-order valence-corrected chi connectivity index (χ3v) is 5.67. The number of carbonyl (C=O) groups is 1. The number of hydrogen-bond donors (Lipinski definition) is 1. The first-order chi connectivity index (χ1) is 17.0. The SMILES string of the molecule is CCCCCCOC(=O)c1ccc(-c2nc(-c3ccccc3)nc(-c3ccc(C)cc3O)n2)cc1. The van der Waals surface area contributed by atoms with E-state index in [1.807, 2.05) is 43.3 Å². The summed E-state index contributed by atoms with van der Waals surface area (Å²) in [5.41, 5.74) is 3.53. The summed E-state index contributed by atoms with van der Waals surface area (Å²) in [6.07, 6.45) is 4.22. The number of rotatable bonds is 9. The van der Waals surface area contributed by atoms with Gasteiger partial charge < -0.3 is 9.84 Å². The molecule has 0 fully saturated rings. The van der Waals surface area contributed by atoms with E-state index in [1.54, 1.807) is 36.4 Å². The Bertz CT molecular complexity index is 1290. The molecule has 0 atom stereocenters. The molecule has 6 nitrogen and oxygen atoms in total. The van der Waals surface area contributed by atoms with E-state index in [4.69, 9.17) is 4.74 Å². The van der Waals surface area contributed by atoms with Gasteiger partial charge >= 0.3 is 5.97 Å². The van der Waals surface area contributed by atoms with Crippen molar-refractivity contribution in [2.45, 2.75) is 39.5 Å². The van der Waals surface area contributed by atoms with E-state index in [1.165, 1.54) is 0 Å². The topological polar surface area (TPSA) is 85.2 Å². The summed E-state index contributed by atoms with van der Waals surface area (Å²) in [6.45, 7) is 4.49. The quantitative estimate of drug-likeness (QED) is 0.220. The molecule has 0 amide bonds. The zero-order valence-electron chi connectivity index (χ0n) is 20.1. The van der Waals surface area contributed by atoms with Gasteiger partial charge in [-0.3, -0.25) is 0 Å². The van der Waals surface area contributed by atoms with Gasteiger partial charge in [0, 0.05) is 11.1 Å². The van der Waals surface area contributed by atoms with Crippen molar-refractivity contribution in [1.82, 2.24) is 15.0 Å². The van der Waals surface area contributed by atoms with Gasteiger partial charge in [-0.1, -0.05) is 74.7 Å². The van der Waals surface area contributed by atoms with Crippen molar-refractivity contribution >= 4 is 5.97 Å². The molecule has 4 aromatic rings. The highest BCUT2D eigenvalue weighted by molar-refractivity contribution is 5.90. The van der Waals surface area contributed by atoms with Crippen molar-refractivity contribution < 1.29 is 14.6 Å². The van der Waals surface area contributed by atoms with Crippen LogP contribution < -0.4 is 0 Å². The van der Waals surface area contributed by atoms with E-state index in [0.29, 0.717) is 35.2 Å². The number of nitrogens with zero attached hydrogens (tertiary/aromatic N) is 3. The number of phenols is 1. The number of aryl methyl sites for hydroxylation is 1. The molecule has 0 unspecified atom stereocenters. The number of aromatic hydroxyl groups is 1. The van der Waals surface area contributed by atoms with E-state index >= 15 is 0 Å². The maximum Gasteiger partial charge on any atom is 0.338 e. The zero-order chi connectivity index (χ0) is 24.6. The molecule has 0 aliphatic heterocycles. The van der Waals surface area contributed by atoms with Gasteiger partial charge in [0.05, 0.1) is 17.7 Å². The van der Waals surface area contributed by atoms with Gasteiger partial charge in [0.1, 0.15) is 5.75 Å². The Balaban J connectivity index is 1.64. The Hall–Kier alpha value is -4.06. The van der Waals surface area contributed by atoms with Crippen LogP contribution in [0.5, 0.6) is 5.75 Å². The van der Waals surface area contributed by atoms with Crippen molar-refractivity contribution in [3.63, 3.8) is 0 Å². The molecule has 0 spiro atoms. The van der Waals surface area contributed by atoms with E-state index in [9.17, 15) is 9.90 Å². The van der Waals surface area contributed by atoms with Crippen LogP contribution in [0.1, 0.15) is 48.5 Å². The van der Waals surface area contributed by atoms with Gasteiger partial charge in [-0.2, -0.15) is 0 Å². The summed E-state index contributed by atoms with van der Waals surface area (Å²) in [4.78, 5) is 26.3. The minimum absolute atomic E-state index is 0.109. The molecule has 0 aliphatic carbocycles. The summed E-state index contributed by atoms with van der Waals surface area (Å²) < 4.78 is 5.39. The highest BCUT2D eigenvalue weighted by atomic mass is 16.5. The molecule has 178 valence electrons. The first-order valence-electron chi connectivity index (χ1n) is 11.9. The molecule has 0 saturated heterocycles. The van der Waals surface area contributed by atoms with Crippen LogP contribution in [0.25, 0.3) is 34.2 Å². The maximum atomic E-state index is 12.4. The monoisotopic (exact) mass is 467 g/mol. The van der Waals surface area contributed by atoms with Gasteiger partial charge in [0.25, 0.3) is 0 Å². The van der Waals surface area contributed by atoms with E-state index in [0.717, 1.165) is 42.4 Å². The summed E-state index contributed by atoms with van der Waals surface area (Å²) in [7, 11) is 0. The Morgan fingerprint density at radius 2 is 1.46 bits per heavy atom. The van der Waals surface area contributed by atoms with Crippen LogP contribution >= 0.6 is 0 Å². The van der Waals surface area contributed by atoms with Crippen LogP contribution in [-0.2, 0) is 4.74 Å². The van der Waals surface area contributed by atoms with Crippen LogP contribution in [0.2, 0.25) is 0 Å². The van der Waals surface area contributed by atoms with Gasteiger partial charge in [0.15, 0.2) is 17.5 Å². The Kier molecular flexibility index (Phi) is 7.83. The lowest BCUT2D eigenvalue weighted by Crippen LogP contribution is -2.06. The smallest absolute Gasteiger partial charge is 0.338 e. The lowest BCUT2D eigenvalue weighted by molar-refractivity contribution is 0.0498. The number of aromatic nitrogens is 3. The average molecular weight is 468 g/mol. The predicted octanol–water partition coefficient (Wildman–Crippen LogP) is 6.62. The predicted molar refractivity (Wildman–Crippen MR) is 137 cm³/mol. The zero-order valence-corrected chi connectivity index (χ0v) is 20.1. The molecule has 1 heterocycles. The number of ether oxygens (including phenoxy) is 1. The highest BCUT2D eigenvalue weighted by Gasteiger charge is 2.15. The molecule has 4 rings (SSSR count). The molecule has 35 heavy (non-hydrogen) atoms. The number of unbranched alkanes of at least 4 members (excludes halogenated alkanes) is 3. The van der Waals surface area contributed by atoms with E-state index < -0.39 is 0 Å². The van der Waals surface area contributed by atoms with Crippen molar-refractivity contribution in [3.05, 3.63) is 83.9 Å². The minimum atomic E-state index is -0.334. The molecular weight excluding hydrogens is 438 g/mol. The molecular formula is C29H29N3O3. The van der Waals surface area contributed by atoms with E-state index in [2.05, 4.69) is 21.9 Å². The minimum Gasteiger partial charge on any atom is -0.507 e. The molecule has 0 bridgehead atoms. The second-order valence-corrected chi connectivity index (χ2v) is 8.47. The first kappa shape index (κ1) is 24.1. The normalized spacial score (nSPS) is 10.8. The summed E-state index contributed by atoms with van der Waals surface area (Å²) in [6, 6.07) is 22.1. The highest BCUT2D eigenvalue weighted by Crippen LogP contribution is 2.30. The molecule has 1 N–H and O–H groups in total. The fraction of sp³-hybridized carbons (Fsp3) is 0.241. The number of carbonyl (C=O) groups excluding carboxylic acids is 1. The third kappa shape index (κ3) is 6.09. The number of esters is 1. The van der Waals surface area contributed by atoms with Crippen LogP contribution in [0.15, 0.2) is 72.8 Å². The lowest BCUT2D eigenvalue weighted by Gasteiger charge is -2.10. The second-order valence-electron chi connectivity index (χ2n) is 8.47. The van der Waals surface area contributed by atoms with E-state index in [-0.39, 0.29) is 11.7 Å². The van der Waals surface area contributed by atoms with Gasteiger partial charge in [0.2, 0.25) is 0 Å². The van der Waals surface area contributed by atoms with Crippen LogP contribution in [0.4, 0.5) is 0 Å². The fourth-order valence-electron chi connectivity index (χ4n) is 3.70. The summed E-state index contributed by atoms with van der Waals surface area (Å²) >= 11 is 0. The van der Waals surface area contributed by atoms with Crippen molar-refractivity contribution in [1.29, 1.82) is 0 Å². The molecule has 0 saturated carbocycles. The van der Waals surface area contributed by atoms with Gasteiger partial charge in [-0.05, 0) is 43.2 Å². The molecule has 0 aliphatic rings. The summed E-state index contributed by atoms with van der Waals surface area (Å²) in [5.74, 6) is 1.11. The standard InChI is InChI=1S/C29H29N3O3/c1-3-4-5-9-18-35-29(34)23-15-13-22(14-16-23)27-30-26(21-10-7-6-8-11-21)31-28(32-27)24-17-12-20(2)19-25(24)33/h6-8,10-17,19,33H,3-5,9,18H2,1-2H3. The molecule has 0 radical (unpaired) electrons. The largest absolute Gasteiger partial charge is 0.507 e. The Labute approximate surface area is 205 Å². The van der Waals surface area contributed by atoms with Crippen LogP contribution in [0.3, 0.4) is 0 Å². The van der Waals surface area contributed by atoms with Gasteiger partial charge in [-0.15, -0.1) is 0 Å².